The Morgan fingerprint density at radius 2 is 2.00 bits per heavy atom. The number of carbonyl (C=O) groups excluding carboxylic acids is 1. The Labute approximate surface area is 155 Å². The van der Waals surface area contributed by atoms with Gasteiger partial charge in [-0.3, -0.25) is 14.2 Å². The lowest BCUT2D eigenvalue weighted by Crippen LogP contribution is -2.29. The standard InChI is InChI=1S/C20H20N2O3S/c1-13-21-19-16(11-17(26-19)14-7-3-2-4-8-14)20(24)22(13)12-18(23)25-15-9-5-6-10-15/h2-4,7-8,11,15H,5-6,9-10,12H2,1H3. The van der Waals surface area contributed by atoms with Crippen LogP contribution in [0.3, 0.4) is 0 Å². The monoisotopic (exact) mass is 368 g/mol. The van der Waals surface area contributed by atoms with Gasteiger partial charge in [0.05, 0.1) is 5.39 Å². The van der Waals surface area contributed by atoms with Gasteiger partial charge in [-0.2, -0.15) is 0 Å². The summed E-state index contributed by atoms with van der Waals surface area (Å²) in [6.07, 6.45) is 4.04. The minimum absolute atomic E-state index is 0.000953. The maximum atomic E-state index is 12.9. The van der Waals surface area contributed by atoms with Crippen molar-refractivity contribution in [3.05, 3.63) is 52.6 Å². The van der Waals surface area contributed by atoms with Crippen LogP contribution in [0.4, 0.5) is 0 Å². The number of hydrogen-bond donors (Lipinski definition) is 0. The predicted molar refractivity (Wildman–Crippen MR) is 102 cm³/mol. The van der Waals surface area contributed by atoms with E-state index in [0.717, 1.165) is 36.1 Å². The molecule has 1 saturated carbocycles. The lowest BCUT2D eigenvalue weighted by molar-refractivity contribution is -0.149. The molecule has 1 aliphatic carbocycles. The molecule has 4 rings (SSSR count). The van der Waals surface area contributed by atoms with E-state index in [0.29, 0.717) is 16.0 Å². The molecule has 0 radical (unpaired) electrons. The van der Waals surface area contributed by atoms with Gasteiger partial charge >= 0.3 is 5.97 Å². The fraction of sp³-hybridized carbons (Fsp3) is 0.350. The smallest absolute Gasteiger partial charge is 0.326 e. The highest BCUT2D eigenvalue weighted by Crippen LogP contribution is 2.31. The molecule has 26 heavy (non-hydrogen) atoms. The van der Waals surface area contributed by atoms with E-state index in [4.69, 9.17) is 4.74 Å². The molecule has 0 atom stereocenters. The number of rotatable bonds is 4. The minimum Gasteiger partial charge on any atom is -0.461 e. The number of aryl methyl sites for hydroxylation is 1. The van der Waals surface area contributed by atoms with Gasteiger partial charge < -0.3 is 4.74 Å². The molecule has 0 bridgehead atoms. The van der Waals surface area contributed by atoms with E-state index in [9.17, 15) is 9.59 Å². The summed E-state index contributed by atoms with van der Waals surface area (Å²) in [5, 5.41) is 0.549. The maximum Gasteiger partial charge on any atom is 0.326 e. The summed E-state index contributed by atoms with van der Waals surface area (Å²) in [6.45, 7) is 1.67. The number of hydrogen-bond acceptors (Lipinski definition) is 5. The molecule has 1 fully saturated rings. The molecule has 1 aromatic carbocycles. The Morgan fingerprint density at radius 1 is 1.27 bits per heavy atom. The zero-order valence-electron chi connectivity index (χ0n) is 14.6. The van der Waals surface area contributed by atoms with Crippen LogP contribution in [0.15, 0.2) is 41.2 Å². The lowest BCUT2D eigenvalue weighted by atomic mass is 10.2. The molecule has 134 valence electrons. The minimum atomic E-state index is -0.359. The molecule has 0 amide bonds. The van der Waals surface area contributed by atoms with Gasteiger partial charge in [0.15, 0.2) is 0 Å². The van der Waals surface area contributed by atoms with Crippen LogP contribution in [0.1, 0.15) is 31.5 Å². The summed E-state index contributed by atoms with van der Waals surface area (Å²) in [6, 6.07) is 11.8. The molecule has 2 aromatic heterocycles. The molecule has 0 N–H and O–H groups in total. The fourth-order valence-corrected chi connectivity index (χ4v) is 4.48. The van der Waals surface area contributed by atoms with Crippen molar-refractivity contribution in [2.75, 3.05) is 0 Å². The topological polar surface area (TPSA) is 61.2 Å². The molecule has 0 spiro atoms. The molecule has 0 saturated heterocycles. The molecular weight excluding hydrogens is 348 g/mol. The highest BCUT2D eigenvalue weighted by Gasteiger charge is 2.21. The fourth-order valence-electron chi connectivity index (χ4n) is 3.41. The maximum absolute atomic E-state index is 12.9. The normalized spacial score (nSPS) is 14.8. The third-order valence-corrected chi connectivity index (χ3v) is 5.87. The van der Waals surface area contributed by atoms with Crippen LogP contribution in [-0.4, -0.2) is 21.6 Å². The second-order valence-electron chi connectivity index (χ2n) is 6.64. The predicted octanol–water partition coefficient (Wildman–Crippen LogP) is 3.92. The van der Waals surface area contributed by atoms with Crippen LogP contribution < -0.4 is 5.56 Å². The number of aromatic nitrogens is 2. The van der Waals surface area contributed by atoms with Crippen LogP contribution in [0.2, 0.25) is 0 Å². The van der Waals surface area contributed by atoms with Crippen molar-refractivity contribution in [2.24, 2.45) is 0 Å². The second kappa shape index (κ2) is 7.03. The number of esters is 1. The van der Waals surface area contributed by atoms with Crippen molar-refractivity contribution < 1.29 is 9.53 Å². The van der Waals surface area contributed by atoms with Gasteiger partial charge in [0.2, 0.25) is 0 Å². The molecule has 1 aliphatic rings. The zero-order valence-corrected chi connectivity index (χ0v) is 15.4. The van der Waals surface area contributed by atoms with Crippen LogP contribution in [0, 0.1) is 6.92 Å². The quantitative estimate of drug-likeness (QED) is 0.655. The van der Waals surface area contributed by atoms with Gasteiger partial charge in [-0.05, 0) is 44.2 Å². The Balaban J connectivity index is 1.65. The number of benzene rings is 1. The summed E-state index contributed by atoms with van der Waals surface area (Å²) >= 11 is 1.49. The van der Waals surface area contributed by atoms with Crippen LogP contribution in [0.25, 0.3) is 20.7 Å². The average molecular weight is 368 g/mol. The first-order valence-electron chi connectivity index (χ1n) is 8.88. The van der Waals surface area contributed by atoms with Crippen molar-refractivity contribution in [2.45, 2.75) is 45.3 Å². The Kier molecular flexibility index (Phi) is 4.59. The van der Waals surface area contributed by atoms with Gasteiger partial charge in [-0.25, -0.2) is 4.98 Å². The van der Waals surface area contributed by atoms with E-state index in [1.54, 1.807) is 6.92 Å². The first kappa shape index (κ1) is 17.0. The summed E-state index contributed by atoms with van der Waals surface area (Å²) in [7, 11) is 0. The number of nitrogens with zero attached hydrogens (tertiary/aromatic N) is 2. The van der Waals surface area contributed by atoms with E-state index in [1.807, 2.05) is 36.4 Å². The van der Waals surface area contributed by atoms with E-state index < -0.39 is 0 Å². The van der Waals surface area contributed by atoms with Gasteiger partial charge in [-0.15, -0.1) is 11.3 Å². The van der Waals surface area contributed by atoms with Crippen molar-refractivity contribution in [1.29, 1.82) is 0 Å². The largest absolute Gasteiger partial charge is 0.461 e. The van der Waals surface area contributed by atoms with E-state index >= 15 is 0 Å². The summed E-state index contributed by atoms with van der Waals surface area (Å²) in [5.74, 6) is 0.175. The van der Waals surface area contributed by atoms with Gasteiger partial charge in [0.25, 0.3) is 5.56 Å². The second-order valence-corrected chi connectivity index (χ2v) is 7.67. The Bertz CT molecular complexity index is 1000. The molecule has 3 aromatic rings. The summed E-state index contributed by atoms with van der Waals surface area (Å²) in [5.41, 5.74) is 0.869. The van der Waals surface area contributed by atoms with E-state index in [1.165, 1.54) is 15.9 Å². The van der Waals surface area contributed by atoms with Crippen molar-refractivity contribution >= 4 is 27.5 Å². The van der Waals surface area contributed by atoms with E-state index in [2.05, 4.69) is 4.98 Å². The highest BCUT2D eigenvalue weighted by atomic mass is 32.1. The first-order valence-corrected chi connectivity index (χ1v) is 9.69. The van der Waals surface area contributed by atoms with Gasteiger partial charge in [-0.1, -0.05) is 30.3 Å². The van der Waals surface area contributed by atoms with Crippen LogP contribution in [-0.2, 0) is 16.1 Å². The number of fused-ring (bicyclic) bond motifs is 1. The van der Waals surface area contributed by atoms with Crippen molar-refractivity contribution in [3.63, 3.8) is 0 Å². The Morgan fingerprint density at radius 3 is 2.73 bits per heavy atom. The van der Waals surface area contributed by atoms with Crippen molar-refractivity contribution in [3.8, 4) is 10.4 Å². The molecule has 6 heteroatoms. The van der Waals surface area contributed by atoms with Crippen LogP contribution in [0.5, 0.6) is 0 Å². The average Bonchev–Trinajstić information content (AvgIpc) is 3.29. The molecule has 5 nitrogen and oxygen atoms in total. The highest BCUT2D eigenvalue weighted by molar-refractivity contribution is 7.21. The molecule has 2 heterocycles. The van der Waals surface area contributed by atoms with Gasteiger partial charge in [0.1, 0.15) is 23.3 Å². The van der Waals surface area contributed by atoms with Crippen LogP contribution >= 0.6 is 11.3 Å². The Hall–Kier alpha value is -2.47. The third kappa shape index (κ3) is 3.29. The third-order valence-electron chi connectivity index (χ3n) is 4.79. The summed E-state index contributed by atoms with van der Waals surface area (Å²) < 4.78 is 6.91. The number of carbonyl (C=O) groups is 1. The SMILES string of the molecule is Cc1nc2sc(-c3ccccc3)cc2c(=O)n1CC(=O)OC1CCCC1. The molecular formula is C20H20N2O3S. The first-order chi connectivity index (χ1) is 12.6. The van der Waals surface area contributed by atoms with E-state index in [-0.39, 0.29) is 24.2 Å². The van der Waals surface area contributed by atoms with Crippen molar-refractivity contribution in [1.82, 2.24) is 9.55 Å². The summed E-state index contributed by atoms with van der Waals surface area (Å²) in [4.78, 5) is 31.4. The number of thiophene rings is 1. The number of ether oxygens (including phenoxy) is 1. The van der Waals surface area contributed by atoms with Gasteiger partial charge in [0, 0.05) is 4.88 Å². The zero-order chi connectivity index (χ0) is 18.1. The molecule has 0 aliphatic heterocycles. The molecule has 0 unspecified atom stereocenters. The lowest BCUT2D eigenvalue weighted by Gasteiger charge is -2.13.